The maximum atomic E-state index is 11.3. The summed E-state index contributed by atoms with van der Waals surface area (Å²) in [6, 6.07) is 0.0300. The van der Waals surface area contributed by atoms with E-state index < -0.39 is 0 Å². The molecule has 6 heteroatoms. The van der Waals surface area contributed by atoms with Gasteiger partial charge < -0.3 is 11.1 Å². The van der Waals surface area contributed by atoms with Crippen molar-refractivity contribution in [3.63, 3.8) is 0 Å². The first kappa shape index (κ1) is 12.1. The zero-order chi connectivity index (χ0) is 12.3. The number of primary amides is 1. The first-order valence-corrected chi connectivity index (χ1v) is 6.08. The molecule has 1 aliphatic carbocycles. The van der Waals surface area contributed by atoms with Crippen LogP contribution in [0.5, 0.6) is 0 Å². The van der Waals surface area contributed by atoms with Crippen LogP contribution in [0.25, 0.3) is 0 Å². The average molecular weight is 255 g/mol. The van der Waals surface area contributed by atoms with Crippen molar-refractivity contribution in [1.82, 2.24) is 9.97 Å². The highest BCUT2D eigenvalue weighted by atomic mass is 35.5. The lowest BCUT2D eigenvalue weighted by Gasteiger charge is -2.29. The average Bonchev–Trinajstić information content (AvgIpc) is 2.32. The maximum Gasteiger partial charge on any atom is 0.222 e. The second kappa shape index (κ2) is 5.31. The van der Waals surface area contributed by atoms with Crippen LogP contribution >= 0.6 is 11.6 Å². The van der Waals surface area contributed by atoms with Gasteiger partial charge in [0.25, 0.3) is 0 Å². The Bertz CT molecular complexity index is 395. The predicted molar refractivity (Wildman–Crippen MR) is 65.6 cm³/mol. The number of nitrogens with one attached hydrogen (secondary N) is 1. The Balaban J connectivity index is 2.05. The highest BCUT2D eigenvalue weighted by Crippen LogP contribution is 2.26. The molecule has 1 saturated carbocycles. The quantitative estimate of drug-likeness (QED) is 0.858. The predicted octanol–water partition coefficient (Wildman–Crippen LogP) is 1.59. The van der Waals surface area contributed by atoms with E-state index in [0.717, 1.165) is 25.7 Å². The van der Waals surface area contributed by atoms with E-state index in [1.54, 1.807) is 0 Å². The van der Waals surface area contributed by atoms with E-state index in [1.165, 1.54) is 12.4 Å². The molecule has 17 heavy (non-hydrogen) atoms. The molecule has 0 aliphatic heterocycles. The van der Waals surface area contributed by atoms with Crippen molar-refractivity contribution in [2.75, 3.05) is 5.32 Å². The molecule has 1 fully saturated rings. The zero-order valence-electron chi connectivity index (χ0n) is 9.40. The summed E-state index contributed by atoms with van der Waals surface area (Å²) in [4.78, 5) is 19.4. The molecule has 2 rings (SSSR count). The molecule has 3 N–H and O–H groups in total. The van der Waals surface area contributed by atoms with Crippen molar-refractivity contribution in [3.8, 4) is 0 Å². The summed E-state index contributed by atoms with van der Waals surface area (Å²) >= 11 is 5.71. The fourth-order valence-corrected chi connectivity index (χ4v) is 2.29. The number of hydrogen-bond donors (Lipinski definition) is 2. The standard InChI is InChI=1S/C11H15ClN4O/c12-7-5-14-11(15-6-7)16-9-4-2-1-3-8(9)10(13)17/h5-6,8-9H,1-4H2,(H2,13,17)(H,14,15,16)/t8-,9+/m0/s1. The number of nitrogens with zero attached hydrogens (tertiary/aromatic N) is 2. The fraction of sp³-hybridized carbons (Fsp3) is 0.545. The number of carbonyl (C=O) groups is 1. The first-order chi connectivity index (χ1) is 8.16. The Kier molecular flexibility index (Phi) is 3.78. The van der Waals surface area contributed by atoms with Gasteiger partial charge in [0.1, 0.15) is 0 Å². The van der Waals surface area contributed by atoms with E-state index in [1.807, 2.05) is 0 Å². The van der Waals surface area contributed by atoms with Crippen LogP contribution in [0.2, 0.25) is 5.02 Å². The van der Waals surface area contributed by atoms with Crippen LogP contribution in [0.1, 0.15) is 25.7 Å². The number of amides is 1. The maximum absolute atomic E-state index is 11.3. The summed E-state index contributed by atoms with van der Waals surface area (Å²) in [7, 11) is 0. The molecule has 0 bridgehead atoms. The van der Waals surface area contributed by atoms with E-state index in [0.29, 0.717) is 11.0 Å². The van der Waals surface area contributed by atoms with Crippen LogP contribution in [-0.2, 0) is 4.79 Å². The van der Waals surface area contributed by atoms with Crippen LogP contribution in [0, 0.1) is 5.92 Å². The highest BCUT2D eigenvalue weighted by molar-refractivity contribution is 6.30. The Hall–Kier alpha value is -1.36. The van der Waals surface area contributed by atoms with Crippen molar-refractivity contribution in [1.29, 1.82) is 0 Å². The van der Waals surface area contributed by atoms with E-state index in [9.17, 15) is 4.79 Å². The Morgan fingerprint density at radius 2 is 2.00 bits per heavy atom. The minimum Gasteiger partial charge on any atom is -0.369 e. The molecular formula is C11H15ClN4O. The summed E-state index contributed by atoms with van der Waals surface area (Å²) in [6.45, 7) is 0. The lowest BCUT2D eigenvalue weighted by Crippen LogP contribution is -2.40. The lowest BCUT2D eigenvalue weighted by atomic mass is 9.84. The van der Waals surface area contributed by atoms with Gasteiger partial charge in [0.05, 0.1) is 23.3 Å². The van der Waals surface area contributed by atoms with Crippen LogP contribution in [0.4, 0.5) is 5.95 Å². The third kappa shape index (κ3) is 3.06. The number of anilines is 1. The van der Waals surface area contributed by atoms with E-state index >= 15 is 0 Å². The third-order valence-corrected chi connectivity index (χ3v) is 3.26. The molecule has 0 saturated heterocycles. The molecular weight excluding hydrogens is 240 g/mol. The van der Waals surface area contributed by atoms with Crippen LogP contribution in [-0.4, -0.2) is 21.9 Å². The normalized spacial score (nSPS) is 24.3. The SMILES string of the molecule is NC(=O)[C@H]1CCCC[C@H]1Nc1ncc(Cl)cn1. The molecule has 2 atom stereocenters. The minimum atomic E-state index is -0.254. The van der Waals surface area contributed by atoms with Gasteiger partial charge in [-0.25, -0.2) is 9.97 Å². The monoisotopic (exact) mass is 254 g/mol. The molecule has 1 amide bonds. The smallest absolute Gasteiger partial charge is 0.222 e. The van der Waals surface area contributed by atoms with Gasteiger partial charge in [-0.2, -0.15) is 0 Å². The van der Waals surface area contributed by atoms with Crippen molar-refractivity contribution < 1.29 is 4.79 Å². The Morgan fingerprint density at radius 3 is 2.65 bits per heavy atom. The molecule has 5 nitrogen and oxygen atoms in total. The van der Waals surface area contributed by atoms with Gasteiger partial charge in [-0.1, -0.05) is 24.4 Å². The molecule has 1 heterocycles. The van der Waals surface area contributed by atoms with Gasteiger partial charge in [-0.15, -0.1) is 0 Å². The highest BCUT2D eigenvalue weighted by Gasteiger charge is 2.29. The van der Waals surface area contributed by atoms with Gasteiger partial charge in [0.2, 0.25) is 11.9 Å². The van der Waals surface area contributed by atoms with E-state index in [2.05, 4.69) is 15.3 Å². The van der Waals surface area contributed by atoms with Gasteiger partial charge in [0.15, 0.2) is 0 Å². The summed E-state index contributed by atoms with van der Waals surface area (Å²) < 4.78 is 0. The second-order valence-corrected chi connectivity index (χ2v) is 4.71. The summed E-state index contributed by atoms with van der Waals surface area (Å²) in [5.74, 6) is 0.103. The molecule has 1 aromatic rings. The number of hydrogen-bond acceptors (Lipinski definition) is 4. The largest absolute Gasteiger partial charge is 0.369 e. The van der Waals surface area contributed by atoms with Gasteiger partial charge in [0, 0.05) is 6.04 Å². The second-order valence-electron chi connectivity index (χ2n) is 4.27. The number of nitrogens with two attached hydrogens (primary N) is 1. The van der Waals surface area contributed by atoms with Crippen LogP contribution in [0.3, 0.4) is 0 Å². The Morgan fingerprint density at radius 1 is 1.35 bits per heavy atom. The molecule has 0 unspecified atom stereocenters. The van der Waals surface area contributed by atoms with E-state index in [4.69, 9.17) is 17.3 Å². The molecule has 0 radical (unpaired) electrons. The zero-order valence-corrected chi connectivity index (χ0v) is 10.2. The van der Waals surface area contributed by atoms with Gasteiger partial charge in [-0.3, -0.25) is 4.79 Å². The Labute approximate surface area is 105 Å². The van der Waals surface area contributed by atoms with Crippen molar-refractivity contribution >= 4 is 23.5 Å². The topological polar surface area (TPSA) is 80.9 Å². The third-order valence-electron chi connectivity index (χ3n) is 3.07. The molecule has 1 aliphatic rings. The van der Waals surface area contributed by atoms with Crippen molar-refractivity contribution in [2.24, 2.45) is 11.7 Å². The van der Waals surface area contributed by atoms with E-state index in [-0.39, 0.29) is 17.9 Å². The molecule has 0 spiro atoms. The fourth-order valence-electron chi connectivity index (χ4n) is 2.20. The van der Waals surface area contributed by atoms with Crippen molar-refractivity contribution in [3.05, 3.63) is 17.4 Å². The molecule has 1 aromatic heterocycles. The molecule has 0 aromatic carbocycles. The van der Waals surface area contributed by atoms with Crippen molar-refractivity contribution in [2.45, 2.75) is 31.7 Å². The summed E-state index contributed by atoms with van der Waals surface area (Å²) in [5.41, 5.74) is 5.39. The number of carbonyl (C=O) groups excluding carboxylic acids is 1. The van der Waals surface area contributed by atoms with Gasteiger partial charge in [-0.05, 0) is 12.8 Å². The number of halogens is 1. The summed E-state index contributed by atoms with van der Waals surface area (Å²) in [5, 5.41) is 3.65. The number of rotatable bonds is 3. The summed E-state index contributed by atoms with van der Waals surface area (Å²) in [6.07, 6.45) is 6.94. The van der Waals surface area contributed by atoms with Crippen LogP contribution in [0.15, 0.2) is 12.4 Å². The lowest BCUT2D eigenvalue weighted by molar-refractivity contribution is -0.122. The minimum absolute atomic E-state index is 0.0300. The van der Waals surface area contributed by atoms with Gasteiger partial charge >= 0.3 is 0 Å². The van der Waals surface area contributed by atoms with Crippen LogP contribution < -0.4 is 11.1 Å². The number of aromatic nitrogens is 2. The molecule has 92 valence electrons. The first-order valence-electron chi connectivity index (χ1n) is 5.70.